The molecule has 74 heavy (non-hydrogen) atoms. The summed E-state index contributed by atoms with van der Waals surface area (Å²) < 4.78 is 3.78. The van der Waals surface area contributed by atoms with Crippen molar-refractivity contribution in [1.82, 2.24) is 39.0 Å². The third kappa shape index (κ3) is 14.5. The summed E-state index contributed by atoms with van der Waals surface area (Å²) in [5, 5.41) is 24.3. The van der Waals surface area contributed by atoms with Gasteiger partial charge in [-0.2, -0.15) is 9.97 Å². The molecular weight excluding hydrogens is 939 g/mol. The molecule has 0 radical (unpaired) electrons. The second-order valence-corrected chi connectivity index (χ2v) is 17.8. The highest BCUT2D eigenvalue weighted by Gasteiger charge is 2.14. The summed E-state index contributed by atoms with van der Waals surface area (Å²) in [5.41, 5.74) is 12.2. The van der Waals surface area contributed by atoms with Gasteiger partial charge in [-0.25, -0.2) is 19.9 Å². The Labute approximate surface area is 438 Å². The number of nitrogens with one attached hydrogen (secondary N) is 2. The number of aryl methyl sites for hydroxylation is 2. The first kappa shape index (κ1) is 52.1. The Morgan fingerprint density at radius 1 is 0.486 bits per heavy atom. The number of allylic oxidation sites excluding steroid dienone is 2. The lowest BCUT2D eigenvalue weighted by Gasteiger charge is -2.10. The van der Waals surface area contributed by atoms with Crippen molar-refractivity contribution >= 4 is 69.3 Å². The van der Waals surface area contributed by atoms with E-state index in [9.17, 15) is 0 Å². The molecule has 0 aliphatic rings. The van der Waals surface area contributed by atoms with Crippen LogP contribution in [0.15, 0.2) is 207 Å². The molecule has 0 aliphatic heterocycles. The Bertz CT molecular complexity index is 3260. The molecule has 6 aromatic carbocycles. The maximum absolute atomic E-state index is 8.58. The topological polar surface area (TPSA) is 152 Å². The van der Waals surface area contributed by atoms with E-state index in [1.54, 1.807) is 36.9 Å². The summed E-state index contributed by atoms with van der Waals surface area (Å²) in [6, 6.07) is 61.1. The summed E-state index contributed by atoms with van der Waals surface area (Å²) in [7, 11) is 2.52. The fraction of sp³-hybridized carbons (Fsp3) is 0.167. The molecule has 0 unspecified atom stereocenters. The summed E-state index contributed by atoms with van der Waals surface area (Å²) in [4.78, 5) is 27.0. The first-order valence-corrected chi connectivity index (χ1v) is 25.3. The van der Waals surface area contributed by atoms with Crippen LogP contribution in [0.3, 0.4) is 0 Å². The van der Waals surface area contributed by atoms with Crippen molar-refractivity contribution in [3.63, 3.8) is 0 Å². The summed E-state index contributed by atoms with van der Waals surface area (Å²) in [6.45, 7) is 1.63. The first-order valence-electron chi connectivity index (χ1n) is 24.9. The van der Waals surface area contributed by atoms with E-state index in [4.69, 9.17) is 31.6 Å². The van der Waals surface area contributed by atoms with Gasteiger partial charge in [0.05, 0.1) is 12.7 Å². The Morgan fingerprint density at radius 2 is 0.865 bits per heavy atom. The number of nitrogens with zero attached hydrogens (tertiary/aromatic N) is 8. The molecule has 4 aromatic heterocycles. The summed E-state index contributed by atoms with van der Waals surface area (Å²) in [5.74, 6) is 2.19. The van der Waals surface area contributed by atoms with Gasteiger partial charge in [0.1, 0.15) is 5.52 Å². The predicted molar refractivity (Wildman–Crippen MR) is 304 cm³/mol. The SMILES string of the molecule is Cn1cnc2c(NCCCCC=C(c3ccccc3)c3ccccc3)nc(-c3ccccc3)nc21.Cn1cnc2c(NCCCCC=C(c3ccccc3)c3ccccc3)nc(Cl)nc21.OB(O)c1ccccc1. The van der Waals surface area contributed by atoms with E-state index in [0.29, 0.717) is 17.1 Å². The molecule has 0 amide bonds. The lowest BCUT2D eigenvalue weighted by atomic mass is 9.81. The molecule has 0 saturated carbocycles. The number of benzene rings is 6. The minimum atomic E-state index is -1.34. The van der Waals surface area contributed by atoms with Gasteiger partial charge in [-0.1, -0.05) is 194 Å². The van der Waals surface area contributed by atoms with Gasteiger partial charge in [0.15, 0.2) is 34.3 Å². The van der Waals surface area contributed by atoms with Crippen LogP contribution in [0, 0.1) is 0 Å². The number of rotatable bonds is 18. The molecule has 12 nitrogen and oxygen atoms in total. The van der Waals surface area contributed by atoms with Gasteiger partial charge < -0.3 is 29.8 Å². The van der Waals surface area contributed by atoms with Gasteiger partial charge >= 0.3 is 7.12 Å². The van der Waals surface area contributed by atoms with Crippen LogP contribution < -0.4 is 16.1 Å². The highest BCUT2D eigenvalue weighted by molar-refractivity contribution is 6.58. The molecule has 0 fully saturated rings. The number of fused-ring (bicyclic) bond motifs is 2. The van der Waals surface area contributed by atoms with Crippen molar-refractivity contribution in [1.29, 1.82) is 0 Å². The zero-order chi connectivity index (χ0) is 51.3. The van der Waals surface area contributed by atoms with Crippen LogP contribution >= 0.6 is 11.6 Å². The molecule has 10 aromatic rings. The van der Waals surface area contributed by atoms with Gasteiger partial charge in [-0.05, 0) is 89.0 Å². The maximum atomic E-state index is 8.58. The van der Waals surface area contributed by atoms with Crippen molar-refractivity contribution in [3.05, 3.63) is 234 Å². The standard InChI is InChI=1S/C30H29N5.C24H24ClN5.C6H7BO2/c1-35-22-32-27-29(33-28(34-30(27)35)25-18-10-4-11-19-25)31-21-13-5-12-20-26(23-14-6-2-7-15-23)24-16-8-3-9-17-24;1-30-17-27-21-22(28-24(25)29-23(21)30)26-16-10-4-9-15-20(18-11-5-2-6-12-18)19-13-7-3-8-14-19;8-7(9)6-4-2-1-3-5-6/h2-4,6-11,14-20,22H,5,12-13,21H2,1H3,(H,31,33,34);2-3,5-8,11-15,17H,4,9-10,16H2,1H3,(H,26,28,29);1-5,8-9H. The number of anilines is 2. The van der Waals surface area contributed by atoms with Crippen molar-refractivity contribution in [2.24, 2.45) is 14.1 Å². The number of hydrogen-bond donors (Lipinski definition) is 4. The molecule has 4 N–H and O–H groups in total. The van der Waals surface area contributed by atoms with Crippen LogP contribution in [0.1, 0.15) is 60.8 Å². The van der Waals surface area contributed by atoms with Crippen molar-refractivity contribution in [2.75, 3.05) is 23.7 Å². The first-order chi connectivity index (χ1) is 36.3. The minimum absolute atomic E-state index is 0.229. The lowest BCUT2D eigenvalue weighted by Crippen LogP contribution is -2.29. The van der Waals surface area contributed by atoms with Gasteiger partial charge in [0, 0.05) is 32.7 Å². The van der Waals surface area contributed by atoms with Crippen LogP contribution in [-0.4, -0.2) is 69.3 Å². The van der Waals surface area contributed by atoms with Gasteiger partial charge in [-0.15, -0.1) is 0 Å². The monoisotopic (exact) mass is 998 g/mol. The number of halogens is 1. The molecular formula is C60H60BClN10O2. The summed E-state index contributed by atoms with van der Waals surface area (Å²) in [6.07, 6.45) is 14.4. The number of aromatic nitrogens is 8. The zero-order valence-electron chi connectivity index (χ0n) is 41.7. The second kappa shape index (κ2) is 27.0. The Kier molecular flexibility index (Phi) is 19.0. The third-order valence-electron chi connectivity index (χ3n) is 12.1. The smallest absolute Gasteiger partial charge is 0.423 e. The van der Waals surface area contributed by atoms with E-state index in [1.165, 1.54) is 33.4 Å². The second-order valence-electron chi connectivity index (χ2n) is 17.5. The highest BCUT2D eigenvalue weighted by atomic mass is 35.5. The average Bonchev–Trinajstić information content (AvgIpc) is 4.02. The largest absolute Gasteiger partial charge is 0.488 e. The van der Waals surface area contributed by atoms with E-state index in [1.807, 2.05) is 59.6 Å². The summed E-state index contributed by atoms with van der Waals surface area (Å²) >= 11 is 6.06. The molecule has 10 rings (SSSR count). The van der Waals surface area contributed by atoms with E-state index >= 15 is 0 Å². The molecule has 0 aliphatic carbocycles. The minimum Gasteiger partial charge on any atom is -0.423 e. The van der Waals surface area contributed by atoms with E-state index in [-0.39, 0.29) is 5.28 Å². The number of hydrogen-bond acceptors (Lipinski definition) is 10. The van der Waals surface area contributed by atoms with Crippen LogP contribution in [0.25, 0.3) is 44.9 Å². The van der Waals surface area contributed by atoms with E-state index < -0.39 is 7.12 Å². The average molecular weight is 999 g/mol. The van der Waals surface area contributed by atoms with E-state index in [0.717, 1.165) is 85.3 Å². The quantitative estimate of drug-likeness (QED) is 0.0371. The van der Waals surface area contributed by atoms with Crippen LogP contribution in [0.4, 0.5) is 11.6 Å². The van der Waals surface area contributed by atoms with Crippen molar-refractivity contribution < 1.29 is 10.0 Å². The fourth-order valence-corrected chi connectivity index (χ4v) is 8.46. The Hall–Kier alpha value is -8.23. The molecule has 372 valence electrons. The number of imidazole rings is 2. The Morgan fingerprint density at radius 3 is 1.27 bits per heavy atom. The molecule has 0 atom stereocenters. The van der Waals surface area contributed by atoms with Crippen LogP contribution in [0.5, 0.6) is 0 Å². The fourth-order valence-electron chi connectivity index (χ4n) is 8.30. The van der Waals surface area contributed by atoms with Gasteiger partial charge in [0.25, 0.3) is 0 Å². The predicted octanol–water partition coefficient (Wildman–Crippen LogP) is 11.8. The molecule has 0 saturated heterocycles. The Balaban J connectivity index is 0.000000170. The van der Waals surface area contributed by atoms with Crippen molar-refractivity contribution in [2.45, 2.75) is 38.5 Å². The van der Waals surface area contributed by atoms with Crippen LogP contribution in [0.2, 0.25) is 5.28 Å². The zero-order valence-corrected chi connectivity index (χ0v) is 42.5. The molecule has 0 spiro atoms. The lowest BCUT2D eigenvalue weighted by molar-refractivity contribution is 0.426. The number of unbranched alkanes of at least 4 members (excludes halogenated alkanes) is 4. The molecule has 14 heteroatoms. The molecule has 4 heterocycles. The third-order valence-corrected chi connectivity index (χ3v) is 12.3. The van der Waals surface area contributed by atoms with Crippen molar-refractivity contribution in [3.8, 4) is 11.4 Å². The normalized spacial score (nSPS) is 10.7. The van der Waals surface area contributed by atoms with Gasteiger partial charge in [0.2, 0.25) is 5.28 Å². The van der Waals surface area contributed by atoms with E-state index in [2.05, 4.69) is 164 Å². The molecule has 0 bridgehead atoms. The van der Waals surface area contributed by atoms with Gasteiger partial charge in [-0.3, -0.25) is 0 Å². The maximum Gasteiger partial charge on any atom is 0.488 e. The van der Waals surface area contributed by atoms with Crippen LogP contribution in [-0.2, 0) is 14.1 Å². The highest BCUT2D eigenvalue weighted by Crippen LogP contribution is 2.27.